The highest BCUT2D eigenvalue weighted by Crippen LogP contribution is 2.37. The minimum atomic E-state index is -0.242. The summed E-state index contributed by atoms with van der Waals surface area (Å²) in [7, 11) is 3.90. The highest BCUT2D eigenvalue weighted by molar-refractivity contribution is 5.93. The maximum atomic E-state index is 12.7. The van der Waals surface area contributed by atoms with Crippen LogP contribution in [0.5, 0.6) is 0 Å². The fourth-order valence-corrected chi connectivity index (χ4v) is 3.85. The van der Waals surface area contributed by atoms with Crippen molar-refractivity contribution in [3.63, 3.8) is 0 Å². The van der Waals surface area contributed by atoms with Gasteiger partial charge in [-0.05, 0) is 24.6 Å². The molecule has 0 aliphatic carbocycles. The Kier molecular flexibility index (Phi) is 3.95. The van der Waals surface area contributed by atoms with Crippen LogP contribution in [0.15, 0.2) is 36.8 Å². The summed E-state index contributed by atoms with van der Waals surface area (Å²) < 4.78 is 8.05. The Hall–Kier alpha value is -2.41. The molecule has 0 bridgehead atoms. The molecule has 2 aromatic rings. The summed E-state index contributed by atoms with van der Waals surface area (Å²) in [5, 5.41) is 0. The zero-order valence-corrected chi connectivity index (χ0v) is 14.6. The Morgan fingerprint density at radius 3 is 2.88 bits per heavy atom. The SMILES string of the molecule is CN(c1ncccn1)[C@H]1CO[C@@]2(CCN(C(=O)c3cccn3C)C2)C1. The van der Waals surface area contributed by atoms with E-state index in [4.69, 9.17) is 4.74 Å². The molecule has 4 heterocycles. The number of nitrogens with zero attached hydrogens (tertiary/aromatic N) is 5. The second kappa shape index (κ2) is 6.15. The Labute approximate surface area is 147 Å². The van der Waals surface area contributed by atoms with Crippen molar-refractivity contribution < 1.29 is 9.53 Å². The van der Waals surface area contributed by atoms with Crippen LogP contribution in [-0.4, -0.2) is 63.7 Å². The summed E-state index contributed by atoms with van der Waals surface area (Å²) in [4.78, 5) is 25.4. The number of likely N-dealkylation sites (tertiary alicyclic amines) is 1. The van der Waals surface area contributed by atoms with Gasteiger partial charge in [-0.3, -0.25) is 4.79 Å². The molecule has 4 rings (SSSR count). The third-order valence-electron chi connectivity index (χ3n) is 5.37. The third-order valence-corrected chi connectivity index (χ3v) is 5.37. The average molecular weight is 341 g/mol. The van der Waals surface area contributed by atoms with Gasteiger partial charge in [0.05, 0.1) is 24.8 Å². The molecule has 2 saturated heterocycles. The zero-order chi connectivity index (χ0) is 17.4. The number of likely N-dealkylation sites (N-methyl/N-ethyl adjacent to an activating group) is 1. The summed E-state index contributed by atoms with van der Waals surface area (Å²) >= 11 is 0. The van der Waals surface area contributed by atoms with E-state index in [2.05, 4.69) is 14.9 Å². The number of amides is 1. The first-order valence-corrected chi connectivity index (χ1v) is 8.62. The van der Waals surface area contributed by atoms with Gasteiger partial charge in [0.1, 0.15) is 5.69 Å². The van der Waals surface area contributed by atoms with Gasteiger partial charge in [0.2, 0.25) is 5.95 Å². The van der Waals surface area contributed by atoms with Crippen LogP contribution in [0, 0.1) is 0 Å². The number of carbonyl (C=O) groups is 1. The van der Waals surface area contributed by atoms with Gasteiger partial charge in [0.25, 0.3) is 5.91 Å². The summed E-state index contributed by atoms with van der Waals surface area (Å²) in [5.74, 6) is 0.791. The monoisotopic (exact) mass is 341 g/mol. The summed E-state index contributed by atoms with van der Waals surface area (Å²) in [6, 6.07) is 5.81. The minimum absolute atomic E-state index is 0.0798. The Morgan fingerprint density at radius 2 is 2.16 bits per heavy atom. The Morgan fingerprint density at radius 1 is 1.36 bits per heavy atom. The number of anilines is 1. The van der Waals surface area contributed by atoms with Crippen LogP contribution in [-0.2, 0) is 11.8 Å². The normalized spacial score (nSPS) is 25.7. The molecule has 1 spiro atoms. The molecular formula is C18H23N5O2. The zero-order valence-electron chi connectivity index (χ0n) is 14.6. The van der Waals surface area contributed by atoms with E-state index < -0.39 is 0 Å². The molecular weight excluding hydrogens is 318 g/mol. The van der Waals surface area contributed by atoms with Gasteiger partial charge >= 0.3 is 0 Å². The van der Waals surface area contributed by atoms with Gasteiger partial charge in [-0.15, -0.1) is 0 Å². The first-order valence-electron chi connectivity index (χ1n) is 8.62. The van der Waals surface area contributed by atoms with Crippen LogP contribution in [0.2, 0.25) is 0 Å². The molecule has 2 aromatic heterocycles. The fourth-order valence-electron chi connectivity index (χ4n) is 3.85. The van der Waals surface area contributed by atoms with E-state index in [1.165, 1.54) is 0 Å². The molecule has 1 amide bonds. The number of aromatic nitrogens is 3. The van der Waals surface area contributed by atoms with Crippen molar-refractivity contribution in [1.29, 1.82) is 0 Å². The lowest BCUT2D eigenvalue weighted by Crippen LogP contribution is -2.38. The molecule has 25 heavy (non-hydrogen) atoms. The van der Waals surface area contributed by atoms with Gasteiger partial charge < -0.3 is 19.1 Å². The molecule has 2 fully saturated rings. The van der Waals surface area contributed by atoms with Gasteiger partial charge in [0, 0.05) is 45.7 Å². The first-order chi connectivity index (χ1) is 12.1. The first kappa shape index (κ1) is 16.1. The molecule has 2 aliphatic heterocycles. The Balaban J connectivity index is 1.43. The number of hydrogen-bond acceptors (Lipinski definition) is 5. The lowest BCUT2D eigenvalue weighted by molar-refractivity contribution is 0.0122. The van der Waals surface area contributed by atoms with Crippen LogP contribution < -0.4 is 4.90 Å². The maximum Gasteiger partial charge on any atom is 0.270 e. The average Bonchev–Trinajstić information content (AvgIpc) is 3.36. The molecule has 7 nitrogen and oxygen atoms in total. The van der Waals surface area contributed by atoms with Gasteiger partial charge in [-0.2, -0.15) is 0 Å². The van der Waals surface area contributed by atoms with Crippen LogP contribution in [0.3, 0.4) is 0 Å². The number of ether oxygens (including phenoxy) is 1. The number of carbonyl (C=O) groups excluding carboxylic acids is 1. The van der Waals surface area contributed by atoms with E-state index >= 15 is 0 Å². The highest BCUT2D eigenvalue weighted by Gasteiger charge is 2.48. The standard InChI is InChI=1S/C18H23N5O2/c1-21-9-3-5-15(21)16(24)23-10-6-18(13-23)11-14(12-25-18)22(2)17-19-7-4-8-20-17/h3-5,7-9,14H,6,10-13H2,1-2H3/t14-,18+/m1/s1. The van der Waals surface area contributed by atoms with Crippen LogP contribution >= 0.6 is 0 Å². The maximum absolute atomic E-state index is 12.7. The van der Waals surface area contributed by atoms with Crippen molar-refractivity contribution in [1.82, 2.24) is 19.4 Å². The van der Waals surface area contributed by atoms with E-state index in [-0.39, 0.29) is 17.6 Å². The van der Waals surface area contributed by atoms with Crippen molar-refractivity contribution in [2.45, 2.75) is 24.5 Å². The van der Waals surface area contributed by atoms with E-state index in [9.17, 15) is 4.79 Å². The molecule has 0 unspecified atom stereocenters. The van der Waals surface area contributed by atoms with Crippen molar-refractivity contribution >= 4 is 11.9 Å². The highest BCUT2D eigenvalue weighted by atomic mass is 16.5. The largest absolute Gasteiger partial charge is 0.371 e. The second-order valence-corrected chi connectivity index (χ2v) is 6.99. The molecule has 0 radical (unpaired) electrons. The molecule has 132 valence electrons. The topological polar surface area (TPSA) is 63.5 Å². The molecule has 0 saturated carbocycles. The van der Waals surface area contributed by atoms with Crippen molar-refractivity contribution in [2.75, 3.05) is 31.6 Å². The molecule has 0 N–H and O–H groups in total. The molecule has 2 aliphatic rings. The van der Waals surface area contributed by atoms with Crippen molar-refractivity contribution in [3.8, 4) is 0 Å². The van der Waals surface area contributed by atoms with Crippen molar-refractivity contribution in [3.05, 3.63) is 42.5 Å². The smallest absolute Gasteiger partial charge is 0.270 e. The van der Waals surface area contributed by atoms with Gasteiger partial charge in [-0.25, -0.2) is 9.97 Å². The lowest BCUT2D eigenvalue weighted by Gasteiger charge is -2.26. The quantitative estimate of drug-likeness (QED) is 0.843. The molecule has 0 aromatic carbocycles. The second-order valence-electron chi connectivity index (χ2n) is 6.99. The van der Waals surface area contributed by atoms with E-state index in [1.54, 1.807) is 12.4 Å². The van der Waals surface area contributed by atoms with Crippen LogP contribution in [0.1, 0.15) is 23.3 Å². The summed E-state index contributed by atoms with van der Waals surface area (Å²) in [6.07, 6.45) is 7.16. The fraction of sp³-hybridized carbons (Fsp3) is 0.500. The minimum Gasteiger partial charge on any atom is -0.371 e. The van der Waals surface area contributed by atoms with Crippen LogP contribution in [0.25, 0.3) is 0 Å². The van der Waals surface area contributed by atoms with E-state index in [1.807, 2.05) is 48.0 Å². The lowest BCUT2D eigenvalue weighted by atomic mass is 9.97. The number of hydrogen-bond donors (Lipinski definition) is 0. The van der Waals surface area contributed by atoms with Gasteiger partial charge in [0.15, 0.2) is 0 Å². The van der Waals surface area contributed by atoms with E-state index in [0.717, 1.165) is 25.1 Å². The number of aryl methyl sites for hydroxylation is 1. The number of rotatable bonds is 3. The van der Waals surface area contributed by atoms with E-state index in [0.29, 0.717) is 19.1 Å². The van der Waals surface area contributed by atoms with Crippen molar-refractivity contribution in [2.24, 2.45) is 7.05 Å². The predicted molar refractivity (Wildman–Crippen MR) is 93.5 cm³/mol. The molecule has 7 heteroatoms. The van der Waals surface area contributed by atoms with Crippen LogP contribution in [0.4, 0.5) is 5.95 Å². The molecule has 2 atom stereocenters. The Bertz CT molecular complexity index is 762. The third kappa shape index (κ3) is 2.89. The summed E-state index contributed by atoms with van der Waals surface area (Å²) in [6.45, 7) is 2.03. The predicted octanol–water partition coefficient (Wildman–Crippen LogP) is 1.33. The summed E-state index contributed by atoms with van der Waals surface area (Å²) in [5.41, 5.74) is 0.482. The van der Waals surface area contributed by atoms with Gasteiger partial charge in [-0.1, -0.05) is 0 Å².